The van der Waals surface area contributed by atoms with Gasteiger partial charge in [-0.25, -0.2) is 4.98 Å². The SMILES string of the molecule is C=CCN1CCN(C(=O)CNc2c(-c3ccccc3)nc3cnccn23)CC1. The Morgan fingerprint density at radius 1 is 1.18 bits per heavy atom. The maximum absolute atomic E-state index is 12.7. The molecule has 0 atom stereocenters. The molecular formula is C21H24N6O. The van der Waals surface area contributed by atoms with Crippen LogP contribution in [-0.4, -0.2) is 69.3 Å². The Kier molecular flexibility index (Phi) is 5.34. The van der Waals surface area contributed by atoms with E-state index < -0.39 is 0 Å². The Morgan fingerprint density at radius 2 is 1.96 bits per heavy atom. The largest absolute Gasteiger partial charge is 0.360 e. The number of carbonyl (C=O) groups excluding carboxylic acids is 1. The predicted molar refractivity (Wildman–Crippen MR) is 110 cm³/mol. The van der Waals surface area contributed by atoms with Gasteiger partial charge >= 0.3 is 0 Å². The fourth-order valence-corrected chi connectivity index (χ4v) is 3.51. The number of carbonyl (C=O) groups is 1. The average molecular weight is 376 g/mol. The molecule has 1 aliphatic heterocycles. The van der Waals surface area contributed by atoms with Crippen molar-refractivity contribution in [1.82, 2.24) is 24.2 Å². The number of anilines is 1. The Hall–Kier alpha value is -3.19. The van der Waals surface area contributed by atoms with E-state index >= 15 is 0 Å². The number of aromatic nitrogens is 3. The summed E-state index contributed by atoms with van der Waals surface area (Å²) in [6, 6.07) is 9.97. The molecule has 1 amide bonds. The van der Waals surface area contributed by atoms with Crippen molar-refractivity contribution in [3.63, 3.8) is 0 Å². The van der Waals surface area contributed by atoms with Crippen LogP contribution in [0.1, 0.15) is 0 Å². The number of nitrogens with one attached hydrogen (secondary N) is 1. The van der Waals surface area contributed by atoms with Gasteiger partial charge in [0.15, 0.2) is 5.65 Å². The molecule has 1 saturated heterocycles. The van der Waals surface area contributed by atoms with Crippen LogP contribution in [0.15, 0.2) is 61.6 Å². The van der Waals surface area contributed by atoms with Crippen LogP contribution in [0, 0.1) is 0 Å². The molecule has 0 saturated carbocycles. The van der Waals surface area contributed by atoms with Gasteiger partial charge in [0, 0.05) is 50.7 Å². The number of fused-ring (bicyclic) bond motifs is 1. The second kappa shape index (κ2) is 8.22. The van der Waals surface area contributed by atoms with Crippen molar-refractivity contribution in [2.75, 3.05) is 44.6 Å². The van der Waals surface area contributed by atoms with Gasteiger partial charge in [-0.2, -0.15) is 0 Å². The van der Waals surface area contributed by atoms with Crippen LogP contribution < -0.4 is 5.32 Å². The summed E-state index contributed by atoms with van der Waals surface area (Å²) in [6.07, 6.45) is 7.20. The molecule has 1 fully saturated rings. The van der Waals surface area contributed by atoms with Crippen LogP contribution in [0.3, 0.4) is 0 Å². The van der Waals surface area contributed by atoms with Crippen LogP contribution in [0.5, 0.6) is 0 Å². The van der Waals surface area contributed by atoms with E-state index in [-0.39, 0.29) is 12.5 Å². The van der Waals surface area contributed by atoms with Crippen molar-refractivity contribution in [3.8, 4) is 11.3 Å². The Labute approximate surface area is 164 Å². The minimum Gasteiger partial charge on any atom is -0.360 e. The molecule has 1 aromatic carbocycles. The van der Waals surface area contributed by atoms with Crippen LogP contribution >= 0.6 is 0 Å². The number of piperazine rings is 1. The zero-order valence-electron chi connectivity index (χ0n) is 15.8. The van der Waals surface area contributed by atoms with Crippen LogP contribution in [0.25, 0.3) is 16.9 Å². The minimum atomic E-state index is 0.0984. The maximum atomic E-state index is 12.7. The van der Waals surface area contributed by atoms with E-state index in [1.807, 2.05) is 51.9 Å². The smallest absolute Gasteiger partial charge is 0.242 e. The summed E-state index contributed by atoms with van der Waals surface area (Å²) >= 11 is 0. The van der Waals surface area contributed by atoms with E-state index in [0.717, 1.165) is 55.4 Å². The molecule has 0 radical (unpaired) electrons. The summed E-state index contributed by atoms with van der Waals surface area (Å²) in [7, 11) is 0. The molecule has 3 heterocycles. The number of nitrogens with zero attached hydrogens (tertiary/aromatic N) is 5. The van der Waals surface area contributed by atoms with Gasteiger partial charge in [0.25, 0.3) is 0 Å². The third kappa shape index (κ3) is 3.75. The van der Waals surface area contributed by atoms with Crippen molar-refractivity contribution in [3.05, 3.63) is 61.6 Å². The summed E-state index contributed by atoms with van der Waals surface area (Å²) < 4.78 is 1.94. The van der Waals surface area contributed by atoms with Crippen molar-refractivity contribution in [1.29, 1.82) is 0 Å². The van der Waals surface area contributed by atoms with Crippen LogP contribution in [-0.2, 0) is 4.79 Å². The van der Waals surface area contributed by atoms with Gasteiger partial charge in [-0.3, -0.25) is 19.1 Å². The zero-order chi connectivity index (χ0) is 19.3. The summed E-state index contributed by atoms with van der Waals surface area (Å²) in [5.41, 5.74) is 2.56. The molecule has 3 aromatic rings. The Balaban J connectivity index is 1.50. The van der Waals surface area contributed by atoms with Crippen LogP contribution in [0.2, 0.25) is 0 Å². The summed E-state index contributed by atoms with van der Waals surface area (Å²) in [6.45, 7) is 8.15. The minimum absolute atomic E-state index is 0.0984. The molecule has 7 nitrogen and oxygen atoms in total. The molecule has 2 aromatic heterocycles. The highest BCUT2D eigenvalue weighted by Gasteiger charge is 2.21. The molecule has 4 rings (SSSR count). The van der Waals surface area contributed by atoms with Gasteiger partial charge < -0.3 is 10.2 Å². The second-order valence-electron chi connectivity index (χ2n) is 6.80. The van der Waals surface area contributed by atoms with Crippen molar-refractivity contribution < 1.29 is 4.79 Å². The molecule has 1 N–H and O–H groups in total. The monoisotopic (exact) mass is 376 g/mol. The van der Waals surface area contributed by atoms with Gasteiger partial charge in [0.05, 0.1) is 12.7 Å². The summed E-state index contributed by atoms with van der Waals surface area (Å²) in [5, 5.41) is 3.32. The molecule has 1 aliphatic rings. The first-order valence-electron chi connectivity index (χ1n) is 9.48. The number of benzene rings is 1. The molecule has 0 aliphatic carbocycles. The number of imidazole rings is 1. The molecule has 0 unspecified atom stereocenters. The maximum Gasteiger partial charge on any atom is 0.242 e. The molecular weight excluding hydrogens is 352 g/mol. The predicted octanol–water partition coefficient (Wildman–Crippen LogP) is 2.14. The fraction of sp³-hybridized carbons (Fsp3) is 0.286. The summed E-state index contributed by atoms with van der Waals surface area (Å²) in [4.78, 5) is 25.8. The topological polar surface area (TPSA) is 65.8 Å². The van der Waals surface area contributed by atoms with Gasteiger partial charge in [-0.15, -0.1) is 6.58 Å². The normalized spacial score (nSPS) is 14.9. The number of hydrogen-bond donors (Lipinski definition) is 1. The van der Waals surface area contributed by atoms with E-state index in [4.69, 9.17) is 4.98 Å². The van der Waals surface area contributed by atoms with E-state index in [2.05, 4.69) is 21.8 Å². The highest BCUT2D eigenvalue weighted by molar-refractivity contribution is 5.83. The van der Waals surface area contributed by atoms with Crippen molar-refractivity contribution in [2.24, 2.45) is 0 Å². The first-order chi connectivity index (χ1) is 13.8. The van der Waals surface area contributed by atoms with Crippen LogP contribution in [0.4, 0.5) is 5.82 Å². The summed E-state index contributed by atoms with van der Waals surface area (Å²) in [5.74, 6) is 0.906. The molecule has 0 bridgehead atoms. The van der Waals surface area contributed by atoms with Gasteiger partial charge in [-0.1, -0.05) is 36.4 Å². The van der Waals surface area contributed by atoms with Gasteiger partial charge in [0.2, 0.25) is 5.91 Å². The van der Waals surface area contributed by atoms with E-state index in [9.17, 15) is 4.79 Å². The number of hydrogen-bond acceptors (Lipinski definition) is 5. The first-order valence-corrected chi connectivity index (χ1v) is 9.48. The number of amides is 1. The quantitative estimate of drug-likeness (QED) is 0.668. The van der Waals surface area contributed by atoms with E-state index in [1.165, 1.54) is 0 Å². The van der Waals surface area contributed by atoms with Gasteiger partial charge in [-0.05, 0) is 0 Å². The Morgan fingerprint density at radius 3 is 2.71 bits per heavy atom. The van der Waals surface area contributed by atoms with E-state index in [0.29, 0.717) is 0 Å². The van der Waals surface area contributed by atoms with Gasteiger partial charge in [0.1, 0.15) is 11.5 Å². The van der Waals surface area contributed by atoms with E-state index in [1.54, 1.807) is 12.4 Å². The molecule has 0 spiro atoms. The highest BCUT2D eigenvalue weighted by atomic mass is 16.2. The molecule has 28 heavy (non-hydrogen) atoms. The van der Waals surface area contributed by atoms with Crippen molar-refractivity contribution >= 4 is 17.4 Å². The molecule has 7 heteroatoms. The zero-order valence-corrected chi connectivity index (χ0v) is 15.8. The first kappa shape index (κ1) is 18.2. The fourth-order valence-electron chi connectivity index (χ4n) is 3.51. The van der Waals surface area contributed by atoms with Crippen molar-refractivity contribution in [2.45, 2.75) is 0 Å². The lowest BCUT2D eigenvalue weighted by Gasteiger charge is -2.34. The highest BCUT2D eigenvalue weighted by Crippen LogP contribution is 2.28. The average Bonchev–Trinajstić information content (AvgIpc) is 3.12. The molecule has 144 valence electrons. The lowest BCUT2D eigenvalue weighted by Crippen LogP contribution is -2.50. The third-order valence-electron chi connectivity index (χ3n) is 5.00. The Bertz CT molecular complexity index is 959. The lowest BCUT2D eigenvalue weighted by molar-refractivity contribution is -0.130. The lowest BCUT2D eigenvalue weighted by atomic mass is 10.1. The number of rotatable bonds is 6. The third-order valence-corrected chi connectivity index (χ3v) is 5.00. The second-order valence-corrected chi connectivity index (χ2v) is 6.80. The standard InChI is InChI=1S/C21H24N6O/c1-2-9-25-11-13-26(14-12-25)19(28)16-23-21-20(17-6-4-3-5-7-17)24-18-15-22-8-10-27(18)21/h2-8,10,15,23H,1,9,11-14,16H2.